The Balaban J connectivity index is 0.988. The van der Waals surface area contributed by atoms with Crippen LogP contribution in [0.5, 0.6) is 0 Å². The van der Waals surface area contributed by atoms with Crippen molar-refractivity contribution >= 4 is 5.97 Å². The average molecular weight is 547 g/mol. The van der Waals surface area contributed by atoms with E-state index in [0.717, 1.165) is 18.4 Å². The highest BCUT2D eigenvalue weighted by atomic mass is 16.6. The predicted molar refractivity (Wildman–Crippen MR) is 162 cm³/mol. The Morgan fingerprint density at radius 1 is 0.538 bits per heavy atom. The van der Waals surface area contributed by atoms with Crippen LogP contribution in [0.4, 0.5) is 0 Å². The van der Waals surface area contributed by atoms with Crippen molar-refractivity contribution in [2.24, 2.45) is 0 Å². The first-order valence-corrected chi connectivity index (χ1v) is 17.4. The Hall–Kier alpha value is -0.870. The molecule has 0 bridgehead atoms. The van der Waals surface area contributed by atoms with Crippen LogP contribution in [0.15, 0.2) is 11.6 Å². The van der Waals surface area contributed by atoms with E-state index in [-0.39, 0.29) is 12.1 Å². The van der Waals surface area contributed by atoms with E-state index in [9.17, 15) is 4.79 Å². The van der Waals surface area contributed by atoms with E-state index in [1.165, 1.54) is 148 Å². The molecular weight excluding hydrogens is 484 g/mol. The van der Waals surface area contributed by atoms with E-state index in [4.69, 9.17) is 14.2 Å². The van der Waals surface area contributed by atoms with E-state index >= 15 is 0 Å². The number of rotatable bonds is 27. The Bertz CT molecular complexity index is 674. The lowest BCUT2D eigenvalue weighted by molar-refractivity contribution is -0.139. The van der Waals surface area contributed by atoms with Crippen molar-refractivity contribution in [2.45, 2.75) is 205 Å². The molecule has 2 saturated heterocycles. The van der Waals surface area contributed by atoms with Gasteiger partial charge in [0.25, 0.3) is 0 Å². The second-order valence-corrected chi connectivity index (χ2v) is 12.9. The van der Waals surface area contributed by atoms with Gasteiger partial charge in [-0.15, -0.1) is 0 Å². The van der Waals surface area contributed by atoms with Crippen LogP contribution < -0.4 is 0 Å². The number of cyclic esters (lactones) is 1. The summed E-state index contributed by atoms with van der Waals surface area (Å²) in [6.07, 6.45) is 37.3. The van der Waals surface area contributed by atoms with Gasteiger partial charge >= 0.3 is 5.97 Å². The van der Waals surface area contributed by atoms with E-state index < -0.39 is 0 Å². The Labute approximate surface area is 241 Å². The number of esters is 1. The molecular formula is C35H62O4. The molecule has 3 heterocycles. The zero-order valence-electron chi connectivity index (χ0n) is 25.8. The molecule has 0 aliphatic carbocycles. The maximum atomic E-state index is 11.6. The van der Waals surface area contributed by atoms with Gasteiger partial charge in [-0.3, -0.25) is 0 Å². The van der Waals surface area contributed by atoms with Gasteiger partial charge in [-0.1, -0.05) is 129 Å². The monoisotopic (exact) mass is 546 g/mol. The third kappa shape index (κ3) is 15.1. The summed E-state index contributed by atoms with van der Waals surface area (Å²) in [6, 6.07) is 0. The molecule has 226 valence electrons. The maximum absolute atomic E-state index is 11.6. The second kappa shape index (κ2) is 20.1. The topological polar surface area (TPSA) is 51.4 Å². The molecule has 4 nitrogen and oxygen atoms in total. The van der Waals surface area contributed by atoms with Gasteiger partial charge in [0.2, 0.25) is 0 Å². The van der Waals surface area contributed by atoms with E-state index in [2.05, 4.69) is 6.92 Å². The fraction of sp³-hybridized carbons (Fsp3) is 0.914. The van der Waals surface area contributed by atoms with Crippen molar-refractivity contribution in [3.05, 3.63) is 11.6 Å². The van der Waals surface area contributed by atoms with Gasteiger partial charge in [0, 0.05) is 5.57 Å². The molecule has 0 aromatic heterocycles. The smallest absolute Gasteiger partial charge is 0.334 e. The quantitative estimate of drug-likeness (QED) is 0.0584. The summed E-state index contributed by atoms with van der Waals surface area (Å²) < 4.78 is 17.0. The van der Waals surface area contributed by atoms with E-state index in [1.807, 2.05) is 13.0 Å². The maximum Gasteiger partial charge on any atom is 0.334 e. The molecule has 4 heteroatoms. The summed E-state index contributed by atoms with van der Waals surface area (Å²) in [7, 11) is 0. The lowest BCUT2D eigenvalue weighted by atomic mass is 10.0. The van der Waals surface area contributed by atoms with Crippen molar-refractivity contribution in [1.82, 2.24) is 0 Å². The highest BCUT2D eigenvalue weighted by molar-refractivity contribution is 5.90. The third-order valence-corrected chi connectivity index (χ3v) is 9.13. The molecule has 5 atom stereocenters. The van der Waals surface area contributed by atoms with Crippen LogP contribution in [-0.2, 0) is 19.0 Å². The minimum Gasteiger partial charge on any atom is -0.455 e. The first-order chi connectivity index (χ1) is 19.2. The Morgan fingerprint density at radius 3 is 1.33 bits per heavy atom. The van der Waals surface area contributed by atoms with Gasteiger partial charge in [0.05, 0.1) is 24.4 Å². The summed E-state index contributed by atoms with van der Waals surface area (Å²) in [5.41, 5.74) is 0.894. The third-order valence-electron chi connectivity index (χ3n) is 9.13. The molecule has 0 spiro atoms. The van der Waals surface area contributed by atoms with Crippen molar-refractivity contribution in [2.75, 3.05) is 0 Å². The SMILES string of the molecule is CCCCCCCCCCCC[C@H]1O[C@H]1CC[C@H]1O[C@H]1CCCCCCCCCCCCC1=C[C@@H](C)OC1=O. The van der Waals surface area contributed by atoms with Gasteiger partial charge in [0.1, 0.15) is 6.10 Å². The van der Waals surface area contributed by atoms with Crippen molar-refractivity contribution in [3.63, 3.8) is 0 Å². The van der Waals surface area contributed by atoms with Gasteiger partial charge in [0.15, 0.2) is 0 Å². The standard InChI is InChI=1S/C35H62O4/c1-3-4-5-6-7-8-12-15-18-21-24-31-33(38-31)26-27-34-32(39-34)25-22-19-16-13-10-9-11-14-17-20-23-30-28-29(2)37-35(30)36/h28-29,31-34H,3-27H2,1-2H3/t29-,31-,32+,33+,34-/m1/s1. The Kier molecular flexibility index (Phi) is 16.8. The van der Waals surface area contributed by atoms with Crippen LogP contribution in [0.3, 0.4) is 0 Å². The molecule has 3 rings (SSSR count). The first kappa shape index (κ1) is 32.6. The molecule has 0 N–H and O–H groups in total. The molecule has 3 aliphatic rings. The van der Waals surface area contributed by atoms with Crippen LogP contribution >= 0.6 is 0 Å². The van der Waals surface area contributed by atoms with E-state index in [1.54, 1.807) is 0 Å². The van der Waals surface area contributed by atoms with Gasteiger partial charge in [-0.05, 0) is 51.5 Å². The molecule has 3 aliphatic heterocycles. The zero-order valence-corrected chi connectivity index (χ0v) is 25.8. The normalized spacial score (nSPS) is 25.6. The zero-order chi connectivity index (χ0) is 27.5. The highest BCUT2D eigenvalue weighted by Crippen LogP contribution is 2.37. The number of epoxide rings is 2. The second-order valence-electron chi connectivity index (χ2n) is 12.9. The summed E-state index contributed by atoms with van der Waals surface area (Å²) in [5.74, 6) is -0.0951. The Morgan fingerprint density at radius 2 is 0.923 bits per heavy atom. The number of carbonyl (C=O) groups excluding carboxylic acids is 1. The minimum absolute atomic E-state index is 0.0231. The van der Waals surface area contributed by atoms with Gasteiger partial charge < -0.3 is 14.2 Å². The lowest BCUT2D eigenvalue weighted by Gasteiger charge is -2.03. The number of carbonyl (C=O) groups is 1. The molecule has 2 fully saturated rings. The van der Waals surface area contributed by atoms with E-state index in [0.29, 0.717) is 24.4 Å². The van der Waals surface area contributed by atoms with Crippen LogP contribution in [0, 0.1) is 0 Å². The molecule has 0 unspecified atom stereocenters. The molecule has 0 saturated carbocycles. The lowest BCUT2D eigenvalue weighted by Crippen LogP contribution is -2.03. The summed E-state index contributed by atoms with van der Waals surface area (Å²) in [6.45, 7) is 4.22. The molecule has 0 amide bonds. The fourth-order valence-electron chi connectivity index (χ4n) is 6.43. The van der Waals surface area contributed by atoms with Gasteiger partial charge in [-0.2, -0.15) is 0 Å². The first-order valence-electron chi connectivity index (χ1n) is 17.4. The van der Waals surface area contributed by atoms with Crippen LogP contribution in [-0.4, -0.2) is 36.5 Å². The molecule has 0 aromatic rings. The summed E-state index contributed by atoms with van der Waals surface area (Å²) in [5, 5.41) is 0. The number of hydrogen-bond acceptors (Lipinski definition) is 4. The van der Waals surface area contributed by atoms with Gasteiger partial charge in [-0.25, -0.2) is 4.79 Å². The molecule has 0 radical (unpaired) electrons. The number of hydrogen-bond donors (Lipinski definition) is 0. The number of ether oxygens (including phenoxy) is 3. The van der Waals surface area contributed by atoms with Crippen molar-refractivity contribution in [3.8, 4) is 0 Å². The predicted octanol–water partition coefficient (Wildman–Crippen LogP) is 10.2. The van der Waals surface area contributed by atoms with Crippen LogP contribution in [0.1, 0.15) is 174 Å². The van der Waals surface area contributed by atoms with Crippen LogP contribution in [0.25, 0.3) is 0 Å². The fourth-order valence-corrected chi connectivity index (χ4v) is 6.43. The summed E-state index contributed by atoms with van der Waals surface area (Å²) in [4.78, 5) is 11.6. The minimum atomic E-state index is -0.0951. The average Bonchev–Trinajstić information content (AvgIpc) is 3.83. The number of unbranched alkanes of at least 4 members (excludes halogenated alkanes) is 18. The van der Waals surface area contributed by atoms with Crippen molar-refractivity contribution in [1.29, 1.82) is 0 Å². The van der Waals surface area contributed by atoms with Crippen LogP contribution in [0.2, 0.25) is 0 Å². The largest absolute Gasteiger partial charge is 0.455 e. The molecule has 0 aromatic carbocycles. The summed E-state index contributed by atoms with van der Waals surface area (Å²) >= 11 is 0. The highest BCUT2D eigenvalue weighted by Gasteiger charge is 2.42. The molecule has 39 heavy (non-hydrogen) atoms. The van der Waals surface area contributed by atoms with Crippen molar-refractivity contribution < 1.29 is 19.0 Å².